The number of fused-ring (bicyclic) bond motifs is 1. The summed E-state index contributed by atoms with van der Waals surface area (Å²) in [5.74, 6) is 0.886. The number of halogens is 1. The van der Waals surface area contributed by atoms with Gasteiger partial charge in [-0.1, -0.05) is 76.6 Å². The summed E-state index contributed by atoms with van der Waals surface area (Å²) in [6.07, 6.45) is 0. The first-order chi connectivity index (χ1) is 12.3. The van der Waals surface area contributed by atoms with Crippen LogP contribution in [0.25, 0.3) is 21.9 Å². The Labute approximate surface area is 156 Å². The number of hydrogen-bond acceptors (Lipinski definition) is 1. The van der Waals surface area contributed by atoms with Crippen LogP contribution in [0, 0.1) is 0 Å². The van der Waals surface area contributed by atoms with Crippen LogP contribution in [0.4, 0.5) is 0 Å². The maximum Gasteiger partial charge on any atom is 0.119 e. The normalized spacial score (nSPS) is 10.8. The first-order valence-electron chi connectivity index (χ1n) is 8.24. The average molecular weight is 389 g/mol. The molecule has 0 aliphatic rings. The predicted molar refractivity (Wildman–Crippen MR) is 108 cm³/mol. The fraction of sp³-hybridized carbons (Fsp3) is 0.0435. The van der Waals surface area contributed by atoms with Crippen LogP contribution >= 0.6 is 15.9 Å². The van der Waals surface area contributed by atoms with Crippen molar-refractivity contribution in [2.75, 3.05) is 0 Å². The number of hydrogen-bond donors (Lipinski definition) is 0. The Morgan fingerprint density at radius 3 is 2.12 bits per heavy atom. The Kier molecular flexibility index (Phi) is 4.53. The predicted octanol–water partition coefficient (Wildman–Crippen LogP) is 6.85. The lowest BCUT2D eigenvalue weighted by Gasteiger charge is -2.08. The number of ether oxygens (including phenoxy) is 1. The summed E-state index contributed by atoms with van der Waals surface area (Å²) in [6.45, 7) is 0.588. The molecule has 0 spiro atoms. The van der Waals surface area contributed by atoms with Gasteiger partial charge < -0.3 is 4.74 Å². The van der Waals surface area contributed by atoms with Crippen molar-refractivity contribution >= 4 is 26.7 Å². The molecule has 4 aromatic rings. The molecule has 0 aromatic heterocycles. The average Bonchev–Trinajstić information content (AvgIpc) is 2.67. The van der Waals surface area contributed by atoms with E-state index in [1.807, 2.05) is 30.3 Å². The van der Waals surface area contributed by atoms with E-state index < -0.39 is 0 Å². The topological polar surface area (TPSA) is 9.23 Å². The lowest BCUT2D eigenvalue weighted by molar-refractivity contribution is 0.306. The maximum atomic E-state index is 5.86. The molecule has 25 heavy (non-hydrogen) atoms. The molecule has 0 aliphatic heterocycles. The second-order valence-electron chi connectivity index (χ2n) is 6.00. The van der Waals surface area contributed by atoms with E-state index in [0.717, 1.165) is 10.2 Å². The van der Waals surface area contributed by atoms with E-state index in [0.29, 0.717) is 6.61 Å². The number of rotatable bonds is 4. The van der Waals surface area contributed by atoms with Gasteiger partial charge in [-0.05, 0) is 57.8 Å². The van der Waals surface area contributed by atoms with E-state index in [4.69, 9.17) is 4.74 Å². The smallest absolute Gasteiger partial charge is 0.119 e. The highest BCUT2D eigenvalue weighted by molar-refractivity contribution is 9.10. The van der Waals surface area contributed by atoms with Gasteiger partial charge >= 0.3 is 0 Å². The van der Waals surface area contributed by atoms with Crippen LogP contribution in [0.1, 0.15) is 5.56 Å². The molecule has 4 aromatic carbocycles. The summed E-state index contributed by atoms with van der Waals surface area (Å²) in [5, 5.41) is 2.48. The van der Waals surface area contributed by atoms with Crippen molar-refractivity contribution in [2.45, 2.75) is 6.61 Å². The molecule has 122 valence electrons. The van der Waals surface area contributed by atoms with Gasteiger partial charge in [-0.25, -0.2) is 0 Å². The van der Waals surface area contributed by atoms with Crippen molar-refractivity contribution in [2.24, 2.45) is 0 Å². The molecule has 0 bridgehead atoms. The minimum atomic E-state index is 0.588. The van der Waals surface area contributed by atoms with Crippen LogP contribution in [0.2, 0.25) is 0 Å². The lowest BCUT2D eigenvalue weighted by atomic mass is 10.0. The van der Waals surface area contributed by atoms with E-state index in [1.165, 1.54) is 27.5 Å². The molecule has 0 fully saturated rings. The first kappa shape index (κ1) is 15.9. The van der Waals surface area contributed by atoms with E-state index in [1.54, 1.807) is 0 Å². The third-order valence-corrected chi connectivity index (χ3v) is 4.73. The molecule has 0 N–H and O–H groups in total. The standard InChI is InChI=1S/C23H17BrO/c24-22-11-8-20-14-19(6-7-21(20)15-22)18-9-12-23(13-10-18)25-16-17-4-2-1-3-5-17/h1-15H,16H2. The zero-order valence-electron chi connectivity index (χ0n) is 13.7. The highest BCUT2D eigenvalue weighted by Crippen LogP contribution is 2.28. The van der Waals surface area contributed by atoms with Crippen LogP contribution in [0.5, 0.6) is 5.75 Å². The third-order valence-electron chi connectivity index (χ3n) is 4.24. The van der Waals surface area contributed by atoms with Crippen LogP contribution in [-0.4, -0.2) is 0 Å². The highest BCUT2D eigenvalue weighted by atomic mass is 79.9. The van der Waals surface area contributed by atoms with Gasteiger partial charge in [0.1, 0.15) is 12.4 Å². The van der Waals surface area contributed by atoms with Gasteiger partial charge in [0.2, 0.25) is 0 Å². The van der Waals surface area contributed by atoms with E-state index in [9.17, 15) is 0 Å². The summed E-state index contributed by atoms with van der Waals surface area (Å²) in [7, 11) is 0. The fourth-order valence-electron chi connectivity index (χ4n) is 2.88. The van der Waals surface area contributed by atoms with Gasteiger partial charge in [-0.3, -0.25) is 0 Å². The Bertz CT molecular complexity index is 991. The zero-order chi connectivity index (χ0) is 17.1. The summed E-state index contributed by atoms with van der Waals surface area (Å²) in [5.41, 5.74) is 3.58. The highest BCUT2D eigenvalue weighted by Gasteiger charge is 2.02. The molecule has 1 nitrogen and oxygen atoms in total. The molecule has 0 saturated heterocycles. The summed E-state index contributed by atoms with van der Waals surface area (Å²) in [4.78, 5) is 0. The van der Waals surface area contributed by atoms with Crippen molar-refractivity contribution in [3.05, 3.63) is 101 Å². The first-order valence-corrected chi connectivity index (χ1v) is 9.04. The second-order valence-corrected chi connectivity index (χ2v) is 6.92. The van der Waals surface area contributed by atoms with Crippen molar-refractivity contribution in [1.82, 2.24) is 0 Å². The van der Waals surface area contributed by atoms with Gasteiger partial charge in [0.25, 0.3) is 0 Å². The monoisotopic (exact) mass is 388 g/mol. The summed E-state index contributed by atoms with van der Waals surface area (Å²) < 4.78 is 6.97. The van der Waals surface area contributed by atoms with Crippen LogP contribution in [0.15, 0.2) is 95.5 Å². The van der Waals surface area contributed by atoms with Crippen molar-refractivity contribution in [1.29, 1.82) is 0 Å². The Hall–Kier alpha value is -2.58. The molecule has 0 radical (unpaired) electrons. The van der Waals surface area contributed by atoms with Crippen LogP contribution in [-0.2, 0) is 6.61 Å². The molecule has 2 heteroatoms. The third kappa shape index (κ3) is 3.75. The molecule has 0 amide bonds. The molecule has 0 atom stereocenters. The SMILES string of the molecule is Brc1ccc2cc(-c3ccc(OCc4ccccc4)cc3)ccc2c1. The zero-order valence-corrected chi connectivity index (χ0v) is 15.2. The largest absolute Gasteiger partial charge is 0.489 e. The molecule has 0 unspecified atom stereocenters. The Morgan fingerprint density at radius 2 is 1.32 bits per heavy atom. The summed E-state index contributed by atoms with van der Waals surface area (Å²) in [6, 6.07) is 31.4. The van der Waals surface area contributed by atoms with Gasteiger partial charge in [-0.15, -0.1) is 0 Å². The van der Waals surface area contributed by atoms with Crippen LogP contribution in [0.3, 0.4) is 0 Å². The summed E-state index contributed by atoms with van der Waals surface area (Å²) >= 11 is 3.52. The van der Waals surface area contributed by atoms with Gasteiger partial charge in [-0.2, -0.15) is 0 Å². The minimum absolute atomic E-state index is 0.588. The quantitative estimate of drug-likeness (QED) is 0.371. The van der Waals surface area contributed by atoms with Gasteiger partial charge in [0.05, 0.1) is 0 Å². The molecular formula is C23H17BrO. The lowest BCUT2D eigenvalue weighted by Crippen LogP contribution is -1.94. The Morgan fingerprint density at radius 1 is 0.640 bits per heavy atom. The van der Waals surface area contributed by atoms with Crippen molar-refractivity contribution in [3.8, 4) is 16.9 Å². The van der Waals surface area contributed by atoms with Crippen molar-refractivity contribution in [3.63, 3.8) is 0 Å². The van der Waals surface area contributed by atoms with E-state index in [2.05, 4.69) is 76.6 Å². The van der Waals surface area contributed by atoms with Gasteiger partial charge in [0.15, 0.2) is 0 Å². The van der Waals surface area contributed by atoms with E-state index in [-0.39, 0.29) is 0 Å². The maximum absolute atomic E-state index is 5.86. The minimum Gasteiger partial charge on any atom is -0.489 e. The second kappa shape index (κ2) is 7.12. The number of benzene rings is 4. The Balaban J connectivity index is 1.52. The van der Waals surface area contributed by atoms with Gasteiger partial charge in [0, 0.05) is 4.47 Å². The molecule has 0 saturated carbocycles. The molecule has 0 aliphatic carbocycles. The van der Waals surface area contributed by atoms with Crippen molar-refractivity contribution < 1.29 is 4.74 Å². The molecule has 0 heterocycles. The molecular weight excluding hydrogens is 372 g/mol. The van der Waals surface area contributed by atoms with E-state index >= 15 is 0 Å². The van der Waals surface area contributed by atoms with Crippen LogP contribution < -0.4 is 4.74 Å². The fourth-order valence-corrected chi connectivity index (χ4v) is 3.26. The molecule has 4 rings (SSSR count).